The van der Waals surface area contributed by atoms with Gasteiger partial charge in [-0.25, -0.2) is 9.48 Å². The molecule has 4 heterocycles. The van der Waals surface area contributed by atoms with Crippen molar-refractivity contribution in [3.05, 3.63) is 125 Å². The Morgan fingerprint density at radius 1 is 1.03 bits per heavy atom. The fourth-order valence-electron chi connectivity index (χ4n) is 5.13. The first-order chi connectivity index (χ1) is 18.1. The number of nitrogens with zero attached hydrogens (tertiary/aromatic N) is 4. The number of hydrogen-bond acceptors (Lipinski definition) is 3. The van der Waals surface area contributed by atoms with E-state index in [0.29, 0.717) is 18.8 Å². The summed E-state index contributed by atoms with van der Waals surface area (Å²) >= 11 is 0. The van der Waals surface area contributed by atoms with E-state index < -0.39 is 0 Å². The molecule has 2 amide bonds. The Balaban J connectivity index is 1.52. The van der Waals surface area contributed by atoms with Crippen LogP contribution in [0.4, 0.5) is 4.79 Å². The molecule has 1 N–H and O–H groups in total. The summed E-state index contributed by atoms with van der Waals surface area (Å²) in [4.78, 5) is 15.8. The van der Waals surface area contributed by atoms with Gasteiger partial charge in [-0.15, -0.1) is 0 Å². The number of rotatable bonds is 5. The van der Waals surface area contributed by atoms with Gasteiger partial charge in [-0.1, -0.05) is 55.0 Å². The number of hydrogen-bond donors (Lipinski definition) is 1. The van der Waals surface area contributed by atoms with Crippen molar-refractivity contribution in [2.75, 3.05) is 0 Å². The highest BCUT2D eigenvalue weighted by atomic mass is 16.3. The van der Waals surface area contributed by atoms with Crippen molar-refractivity contribution in [2.45, 2.75) is 39.4 Å². The van der Waals surface area contributed by atoms with Crippen LogP contribution in [0.3, 0.4) is 0 Å². The lowest BCUT2D eigenvalue weighted by atomic mass is 10.0. The van der Waals surface area contributed by atoms with Crippen molar-refractivity contribution in [2.24, 2.45) is 0 Å². The Labute approximate surface area is 216 Å². The maximum absolute atomic E-state index is 13.9. The molecule has 0 fully saturated rings. The van der Waals surface area contributed by atoms with E-state index in [1.54, 1.807) is 6.26 Å². The lowest BCUT2D eigenvalue weighted by Crippen LogP contribution is -2.41. The molecule has 7 heteroatoms. The first-order valence-corrected chi connectivity index (χ1v) is 12.6. The molecule has 0 spiro atoms. The van der Waals surface area contributed by atoms with E-state index in [0.717, 1.165) is 40.4 Å². The van der Waals surface area contributed by atoms with Crippen molar-refractivity contribution in [1.82, 2.24) is 24.6 Å². The smallest absolute Gasteiger partial charge is 0.318 e. The van der Waals surface area contributed by atoms with Gasteiger partial charge in [-0.3, -0.25) is 0 Å². The highest BCUT2D eigenvalue weighted by molar-refractivity contribution is 5.76. The normalized spacial score (nSPS) is 14.6. The Morgan fingerprint density at radius 2 is 1.84 bits per heavy atom. The van der Waals surface area contributed by atoms with Crippen LogP contribution in [0.1, 0.15) is 46.8 Å². The number of urea groups is 1. The molecule has 0 saturated carbocycles. The molecule has 5 aromatic rings. The molecule has 0 bridgehead atoms. The summed E-state index contributed by atoms with van der Waals surface area (Å²) in [6.07, 6.45) is 4.45. The van der Waals surface area contributed by atoms with Crippen molar-refractivity contribution in [3.8, 4) is 11.5 Å². The third-order valence-electron chi connectivity index (χ3n) is 6.95. The van der Waals surface area contributed by atoms with Crippen molar-refractivity contribution in [1.29, 1.82) is 0 Å². The highest BCUT2D eigenvalue weighted by Crippen LogP contribution is 2.38. The number of benzene rings is 2. The molecule has 0 radical (unpaired) electrons. The molecule has 7 nitrogen and oxygen atoms in total. The quantitative estimate of drug-likeness (QED) is 0.331. The number of amides is 2. The zero-order chi connectivity index (χ0) is 25.4. The predicted molar refractivity (Wildman–Crippen MR) is 142 cm³/mol. The number of para-hydroxylation sites is 1. The second-order valence-electron chi connectivity index (χ2n) is 9.33. The topological polar surface area (TPSA) is 68.2 Å². The standard InChI is InChI=1S/C30H29N5O2/c1-3-26-25-20-34(30(36)31-19-24-11-8-18-37-24)28(22-15-13-21(2)14-16-22)27-12-7-17-33(27)29(25)35(32-26)23-9-5-4-6-10-23/h4-18,28H,3,19-20H2,1-2H3,(H,31,36)/t28-/m1/s1. The second kappa shape index (κ2) is 9.50. The van der Waals surface area contributed by atoms with Gasteiger partial charge in [0.25, 0.3) is 0 Å². The van der Waals surface area contributed by atoms with E-state index in [1.807, 2.05) is 46.0 Å². The van der Waals surface area contributed by atoms with Gasteiger partial charge in [0.05, 0.1) is 42.5 Å². The lowest BCUT2D eigenvalue weighted by Gasteiger charge is -2.31. The van der Waals surface area contributed by atoms with Gasteiger partial charge in [0.2, 0.25) is 0 Å². The molecule has 3 aromatic heterocycles. The van der Waals surface area contributed by atoms with Gasteiger partial charge in [-0.2, -0.15) is 5.10 Å². The van der Waals surface area contributed by atoms with Crippen LogP contribution in [-0.2, 0) is 19.5 Å². The Bertz CT molecular complexity index is 1510. The molecule has 2 aromatic carbocycles. The fraction of sp³-hybridized carbons (Fsp3) is 0.200. The van der Waals surface area contributed by atoms with Crippen LogP contribution in [-0.4, -0.2) is 25.3 Å². The summed E-state index contributed by atoms with van der Waals surface area (Å²) in [5.74, 6) is 1.69. The molecule has 1 aliphatic rings. The molecule has 0 unspecified atom stereocenters. The highest BCUT2D eigenvalue weighted by Gasteiger charge is 2.36. The molecule has 6 rings (SSSR count). The molecule has 1 atom stereocenters. The van der Waals surface area contributed by atoms with Crippen LogP contribution in [0.5, 0.6) is 0 Å². The van der Waals surface area contributed by atoms with Crippen molar-refractivity contribution >= 4 is 6.03 Å². The molecule has 0 aliphatic carbocycles. The van der Waals surface area contributed by atoms with Crippen molar-refractivity contribution < 1.29 is 9.21 Å². The molecule has 186 valence electrons. The third-order valence-corrected chi connectivity index (χ3v) is 6.95. The zero-order valence-electron chi connectivity index (χ0n) is 21.0. The minimum Gasteiger partial charge on any atom is -0.467 e. The minimum atomic E-state index is -0.284. The molecule has 37 heavy (non-hydrogen) atoms. The van der Waals surface area contributed by atoms with Gasteiger partial charge >= 0.3 is 6.03 Å². The van der Waals surface area contributed by atoms with Gasteiger partial charge in [-0.05, 0) is 55.3 Å². The minimum absolute atomic E-state index is 0.155. The summed E-state index contributed by atoms with van der Waals surface area (Å²) in [6.45, 7) is 4.93. The zero-order valence-corrected chi connectivity index (χ0v) is 21.0. The summed E-state index contributed by atoms with van der Waals surface area (Å²) in [6, 6.07) is 26.0. The van der Waals surface area contributed by atoms with E-state index >= 15 is 0 Å². The summed E-state index contributed by atoms with van der Waals surface area (Å²) in [7, 11) is 0. The summed E-state index contributed by atoms with van der Waals surface area (Å²) in [5, 5.41) is 8.09. The monoisotopic (exact) mass is 491 g/mol. The van der Waals surface area contributed by atoms with Crippen LogP contribution in [0, 0.1) is 6.92 Å². The molecular weight excluding hydrogens is 462 g/mol. The number of furan rings is 1. The SMILES string of the molecule is CCc1nn(-c2ccccc2)c2c1CN(C(=O)NCc1ccco1)[C@H](c1ccc(C)cc1)c1cccn1-2. The van der Waals surface area contributed by atoms with Crippen LogP contribution in [0.25, 0.3) is 11.5 Å². The Hall–Kier alpha value is -4.52. The largest absolute Gasteiger partial charge is 0.467 e. The maximum Gasteiger partial charge on any atom is 0.318 e. The number of aromatic nitrogens is 3. The van der Waals surface area contributed by atoms with E-state index in [9.17, 15) is 4.79 Å². The average Bonchev–Trinajstić information content (AvgIpc) is 3.67. The van der Waals surface area contributed by atoms with Crippen LogP contribution in [0.2, 0.25) is 0 Å². The van der Waals surface area contributed by atoms with E-state index in [4.69, 9.17) is 9.52 Å². The predicted octanol–water partition coefficient (Wildman–Crippen LogP) is 5.94. The number of aryl methyl sites for hydroxylation is 2. The molecular formula is C30H29N5O2. The summed E-state index contributed by atoms with van der Waals surface area (Å²) in [5.41, 5.74) is 6.26. The Kier molecular flexibility index (Phi) is 5.88. The fourth-order valence-corrected chi connectivity index (χ4v) is 5.13. The Morgan fingerprint density at radius 3 is 2.57 bits per heavy atom. The van der Waals surface area contributed by atoms with E-state index in [1.165, 1.54) is 5.56 Å². The van der Waals surface area contributed by atoms with E-state index in [-0.39, 0.29) is 12.1 Å². The maximum atomic E-state index is 13.9. The number of carbonyl (C=O) groups excluding carboxylic acids is 1. The lowest BCUT2D eigenvalue weighted by molar-refractivity contribution is 0.179. The van der Waals surface area contributed by atoms with Crippen LogP contribution < -0.4 is 5.32 Å². The van der Waals surface area contributed by atoms with Gasteiger partial charge in [0, 0.05) is 11.8 Å². The van der Waals surface area contributed by atoms with Crippen LogP contribution >= 0.6 is 0 Å². The molecule has 0 saturated heterocycles. The van der Waals surface area contributed by atoms with Gasteiger partial charge in [0.15, 0.2) is 0 Å². The summed E-state index contributed by atoms with van der Waals surface area (Å²) < 4.78 is 9.66. The third kappa shape index (κ3) is 4.12. The number of nitrogens with one attached hydrogen (secondary N) is 1. The number of fused-ring (bicyclic) bond motifs is 3. The van der Waals surface area contributed by atoms with Crippen molar-refractivity contribution in [3.63, 3.8) is 0 Å². The first-order valence-electron chi connectivity index (χ1n) is 12.6. The second-order valence-corrected chi connectivity index (χ2v) is 9.33. The first kappa shape index (κ1) is 22.9. The van der Waals surface area contributed by atoms with Gasteiger partial charge < -0.3 is 19.2 Å². The number of carbonyl (C=O) groups is 1. The van der Waals surface area contributed by atoms with E-state index in [2.05, 4.69) is 72.4 Å². The average molecular weight is 492 g/mol. The van der Waals surface area contributed by atoms with Gasteiger partial charge in [0.1, 0.15) is 11.6 Å². The molecule has 1 aliphatic heterocycles. The van der Waals surface area contributed by atoms with Crippen LogP contribution in [0.15, 0.2) is 95.7 Å².